The van der Waals surface area contributed by atoms with Gasteiger partial charge in [-0.25, -0.2) is 0 Å². The molecular weight excluding hydrogens is 360 g/mol. The summed E-state index contributed by atoms with van der Waals surface area (Å²) in [5, 5.41) is 13.9. The van der Waals surface area contributed by atoms with Crippen molar-refractivity contribution >= 4 is 32.8 Å². The minimum absolute atomic E-state index is 0.174. The summed E-state index contributed by atoms with van der Waals surface area (Å²) in [6, 6.07) is 9.68. The number of halogens is 1. The maximum absolute atomic E-state index is 10.9. The number of aromatic nitrogens is 2. The van der Waals surface area contributed by atoms with E-state index in [9.17, 15) is 4.79 Å². The Hall–Kier alpha value is -2.34. The highest BCUT2D eigenvalue weighted by Gasteiger charge is 2.13. The predicted molar refractivity (Wildman–Crippen MR) is 91.1 cm³/mol. The topological polar surface area (TPSA) is 64.4 Å². The van der Waals surface area contributed by atoms with Gasteiger partial charge in [-0.1, -0.05) is 18.2 Å². The number of para-hydroxylation sites is 1. The van der Waals surface area contributed by atoms with Gasteiger partial charge in [0.2, 0.25) is 0 Å². The Bertz CT molecular complexity index is 882. The van der Waals surface area contributed by atoms with Crippen LogP contribution in [0.4, 0.5) is 0 Å². The number of hydrogen-bond donors (Lipinski definition) is 1. The second kappa shape index (κ2) is 6.04. The summed E-state index contributed by atoms with van der Waals surface area (Å²) in [6.07, 6.45) is 1.64. The van der Waals surface area contributed by atoms with Gasteiger partial charge in [-0.3, -0.25) is 9.48 Å². The average molecular weight is 375 g/mol. The van der Waals surface area contributed by atoms with Crippen LogP contribution in [0.3, 0.4) is 0 Å². The summed E-state index contributed by atoms with van der Waals surface area (Å²) in [5.41, 5.74) is 2.85. The molecule has 3 rings (SSSR count). The minimum Gasteiger partial charge on any atom is -0.480 e. The zero-order chi connectivity index (χ0) is 16.6. The number of ether oxygens (including phenoxy) is 1. The third-order valence-corrected chi connectivity index (χ3v) is 4.22. The number of carboxylic acid groups (broad SMARTS) is 1. The standard InChI is InChI=1S/C17H15BrN2O3/c1-10-4-3-5-11(2)17(10)23-15-6-12-8-19-20(9-16(21)22)14(12)7-13(15)18/h3-8H,9H2,1-2H3,(H,21,22). The fourth-order valence-corrected chi connectivity index (χ4v) is 2.89. The van der Waals surface area contributed by atoms with Crippen molar-refractivity contribution in [2.75, 3.05) is 0 Å². The highest BCUT2D eigenvalue weighted by atomic mass is 79.9. The lowest BCUT2D eigenvalue weighted by Crippen LogP contribution is -2.09. The normalized spacial score (nSPS) is 10.9. The molecule has 0 bridgehead atoms. The fourth-order valence-electron chi connectivity index (χ4n) is 2.48. The number of fused-ring (bicyclic) bond motifs is 1. The molecule has 0 saturated carbocycles. The maximum atomic E-state index is 10.9. The van der Waals surface area contributed by atoms with Crippen LogP contribution in [-0.4, -0.2) is 20.9 Å². The lowest BCUT2D eigenvalue weighted by molar-refractivity contribution is -0.137. The molecule has 23 heavy (non-hydrogen) atoms. The second-order valence-electron chi connectivity index (χ2n) is 5.36. The van der Waals surface area contributed by atoms with E-state index in [0.717, 1.165) is 32.3 Å². The number of carbonyl (C=O) groups is 1. The van der Waals surface area contributed by atoms with Crippen LogP contribution < -0.4 is 4.74 Å². The number of rotatable bonds is 4. The molecule has 1 N–H and O–H groups in total. The van der Waals surface area contributed by atoms with Crippen molar-refractivity contribution in [1.82, 2.24) is 9.78 Å². The maximum Gasteiger partial charge on any atom is 0.325 e. The summed E-state index contributed by atoms with van der Waals surface area (Å²) in [5.74, 6) is 0.567. The monoisotopic (exact) mass is 374 g/mol. The third-order valence-electron chi connectivity index (χ3n) is 3.60. The second-order valence-corrected chi connectivity index (χ2v) is 6.21. The van der Waals surface area contributed by atoms with Crippen LogP contribution in [0, 0.1) is 13.8 Å². The molecule has 118 valence electrons. The van der Waals surface area contributed by atoms with E-state index in [0.29, 0.717) is 5.75 Å². The SMILES string of the molecule is Cc1cccc(C)c1Oc1cc2cnn(CC(=O)O)c2cc1Br. The molecule has 0 aliphatic carbocycles. The van der Waals surface area contributed by atoms with E-state index >= 15 is 0 Å². The molecule has 0 amide bonds. The first-order valence-corrected chi connectivity index (χ1v) is 7.86. The van der Waals surface area contributed by atoms with Gasteiger partial charge >= 0.3 is 5.97 Å². The lowest BCUT2D eigenvalue weighted by Gasteiger charge is -2.13. The van der Waals surface area contributed by atoms with Crippen molar-refractivity contribution in [2.24, 2.45) is 0 Å². The van der Waals surface area contributed by atoms with Crippen LogP contribution in [0.1, 0.15) is 11.1 Å². The lowest BCUT2D eigenvalue weighted by atomic mass is 10.1. The molecule has 3 aromatic rings. The Morgan fingerprint density at radius 2 is 2.00 bits per heavy atom. The van der Waals surface area contributed by atoms with Crippen molar-refractivity contribution < 1.29 is 14.6 Å². The number of aliphatic carboxylic acids is 1. The van der Waals surface area contributed by atoms with Gasteiger partial charge in [-0.15, -0.1) is 0 Å². The molecule has 0 fully saturated rings. The molecule has 6 heteroatoms. The van der Waals surface area contributed by atoms with Gasteiger partial charge in [0.1, 0.15) is 18.0 Å². The van der Waals surface area contributed by atoms with Crippen LogP contribution in [0.15, 0.2) is 41.0 Å². The van der Waals surface area contributed by atoms with E-state index < -0.39 is 5.97 Å². The van der Waals surface area contributed by atoms with E-state index in [1.54, 1.807) is 6.20 Å². The molecule has 0 spiro atoms. The average Bonchev–Trinajstić information content (AvgIpc) is 2.84. The van der Waals surface area contributed by atoms with Gasteiger partial charge in [-0.05, 0) is 53.0 Å². The quantitative estimate of drug-likeness (QED) is 0.739. The molecular formula is C17H15BrN2O3. The van der Waals surface area contributed by atoms with Crippen molar-refractivity contribution in [1.29, 1.82) is 0 Å². The fraction of sp³-hybridized carbons (Fsp3) is 0.176. The number of benzene rings is 2. The van der Waals surface area contributed by atoms with Crippen molar-refractivity contribution in [3.8, 4) is 11.5 Å². The van der Waals surface area contributed by atoms with E-state index in [4.69, 9.17) is 9.84 Å². The van der Waals surface area contributed by atoms with Gasteiger partial charge in [0.25, 0.3) is 0 Å². The zero-order valence-corrected chi connectivity index (χ0v) is 14.3. The Morgan fingerprint density at radius 1 is 1.30 bits per heavy atom. The van der Waals surface area contributed by atoms with Crippen molar-refractivity contribution in [3.05, 3.63) is 52.1 Å². The first-order chi connectivity index (χ1) is 11.0. The molecule has 5 nitrogen and oxygen atoms in total. The number of aryl methyl sites for hydroxylation is 2. The highest BCUT2D eigenvalue weighted by Crippen LogP contribution is 2.36. The van der Waals surface area contributed by atoms with Gasteiger partial charge in [0.15, 0.2) is 0 Å². The number of nitrogens with zero attached hydrogens (tertiary/aromatic N) is 2. The number of carboxylic acids is 1. The number of hydrogen-bond acceptors (Lipinski definition) is 3. The van der Waals surface area contributed by atoms with Gasteiger partial charge in [-0.2, -0.15) is 5.10 Å². The van der Waals surface area contributed by atoms with E-state index in [1.165, 1.54) is 4.68 Å². The zero-order valence-electron chi connectivity index (χ0n) is 12.7. The van der Waals surface area contributed by atoms with Crippen molar-refractivity contribution in [3.63, 3.8) is 0 Å². The van der Waals surface area contributed by atoms with Gasteiger partial charge in [0.05, 0.1) is 16.2 Å². The molecule has 0 aliphatic heterocycles. The summed E-state index contributed by atoms with van der Waals surface area (Å²) >= 11 is 3.50. The van der Waals surface area contributed by atoms with Gasteiger partial charge in [0, 0.05) is 5.39 Å². The Balaban J connectivity index is 2.02. The molecule has 1 heterocycles. The van der Waals surface area contributed by atoms with Crippen LogP contribution >= 0.6 is 15.9 Å². The first kappa shape index (κ1) is 15.6. The first-order valence-electron chi connectivity index (χ1n) is 7.06. The predicted octanol–water partition coefficient (Wildman–Crippen LogP) is 4.29. The van der Waals surface area contributed by atoms with E-state index in [2.05, 4.69) is 21.0 Å². The summed E-state index contributed by atoms with van der Waals surface area (Å²) in [7, 11) is 0. The third kappa shape index (κ3) is 3.07. The molecule has 0 saturated heterocycles. The molecule has 1 aromatic heterocycles. The molecule has 0 atom stereocenters. The molecule has 0 radical (unpaired) electrons. The molecule has 2 aromatic carbocycles. The van der Waals surface area contributed by atoms with E-state index in [-0.39, 0.29) is 6.54 Å². The summed E-state index contributed by atoms with van der Waals surface area (Å²) in [4.78, 5) is 10.9. The largest absolute Gasteiger partial charge is 0.480 e. The Labute approximate surface area is 141 Å². The van der Waals surface area contributed by atoms with E-state index in [1.807, 2.05) is 44.2 Å². The van der Waals surface area contributed by atoms with Crippen LogP contribution in [0.2, 0.25) is 0 Å². The Kier molecular flexibility index (Phi) is 4.09. The van der Waals surface area contributed by atoms with Crippen LogP contribution in [0.5, 0.6) is 11.5 Å². The Morgan fingerprint density at radius 3 is 2.65 bits per heavy atom. The van der Waals surface area contributed by atoms with Crippen molar-refractivity contribution in [2.45, 2.75) is 20.4 Å². The summed E-state index contributed by atoms with van der Waals surface area (Å²) in [6.45, 7) is 3.83. The minimum atomic E-state index is -0.929. The molecule has 0 unspecified atom stereocenters. The molecule has 0 aliphatic rings. The highest BCUT2D eigenvalue weighted by molar-refractivity contribution is 9.10. The van der Waals surface area contributed by atoms with Crippen LogP contribution in [-0.2, 0) is 11.3 Å². The summed E-state index contributed by atoms with van der Waals surface area (Å²) < 4.78 is 8.27. The smallest absolute Gasteiger partial charge is 0.325 e. The van der Waals surface area contributed by atoms with Crippen LogP contribution in [0.25, 0.3) is 10.9 Å². The van der Waals surface area contributed by atoms with Gasteiger partial charge < -0.3 is 9.84 Å².